The van der Waals surface area contributed by atoms with Crippen molar-refractivity contribution < 1.29 is 13.8 Å². The van der Waals surface area contributed by atoms with E-state index >= 15 is 0 Å². The maximum Gasteiger partial charge on any atom is 0.225 e. The molecule has 0 aliphatic carbocycles. The first-order valence-electron chi connectivity index (χ1n) is 15.7. The molecule has 0 fully saturated rings. The van der Waals surface area contributed by atoms with Gasteiger partial charge < -0.3 is 25.7 Å². The average Bonchev–Trinajstić information content (AvgIpc) is 3.36. The Labute approximate surface area is 259 Å². The van der Waals surface area contributed by atoms with Crippen molar-refractivity contribution in [3.8, 4) is 12.3 Å². The van der Waals surface area contributed by atoms with E-state index in [1.54, 1.807) is 13.0 Å². The summed E-state index contributed by atoms with van der Waals surface area (Å²) >= 11 is 1.98. The van der Waals surface area contributed by atoms with Gasteiger partial charge in [-0.2, -0.15) is 11.8 Å². The number of quaternary nitrogens is 1. The minimum absolute atomic E-state index is 0. The molecule has 2 rings (SSSR count). The Morgan fingerprint density at radius 1 is 0.929 bits per heavy atom. The second kappa shape index (κ2) is 23.8. The van der Waals surface area contributed by atoms with Gasteiger partial charge in [0.25, 0.3) is 0 Å². The fourth-order valence-corrected chi connectivity index (χ4v) is 6.78. The molecule has 240 valence electrons. The molecule has 0 spiro atoms. The molecule has 1 unspecified atom stereocenters. The number of hydrogen-bond acceptors (Lipinski definition) is 8. The lowest BCUT2D eigenvalue weighted by molar-refractivity contribution is 0.0801. The number of thioether (sulfide) groups is 1. The smallest absolute Gasteiger partial charge is 0.225 e. The maximum atomic E-state index is 12.8. The summed E-state index contributed by atoms with van der Waals surface area (Å²) in [6.45, 7) is 4.62. The number of nitrogens with zero attached hydrogens (tertiary/aromatic N) is 4. The van der Waals surface area contributed by atoms with E-state index < -0.39 is 7.37 Å². The molecule has 6 N–H and O–H groups in total. The van der Waals surface area contributed by atoms with E-state index in [2.05, 4.69) is 20.9 Å². The van der Waals surface area contributed by atoms with Crippen LogP contribution < -0.4 is 11.9 Å². The van der Waals surface area contributed by atoms with Crippen molar-refractivity contribution in [3.05, 3.63) is 12.7 Å². The fourth-order valence-electron chi connectivity index (χ4n) is 4.74. The van der Waals surface area contributed by atoms with E-state index in [0.29, 0.717) is 30.1 Å². The number of anilines is 1. The topological polar surface area (TPSA) is 142 Å². The summed E-state index contributed by atoms with van der Waals surface area (Å²) in [4.78, 5) is 12.5. The largest absolute Gasteiger partial charge is 0.382 e. The molecular weight excluding hydrogens is 567 g/mol. The summed E-state index contributed by atoms with van der Waals surface area (Å²) in [7, 11) is -2.79. The number of unbranched alkanes of at least 4 members (excludes halogenated alkanes) is 14. The minimum Gasteiger partial charge on any atom is -0.382 e. The summed E-state index contributed by atoms with van der Waals surface area (Å²) in [6, 6.07) is 0. The number of imidazole rings is 1. The van der Waals surface area contributed by atoms with Gasteiger partial charge in [0.05, 0.1) is 25.6 Å². The first-order chi connectivity index (χ1) is 19.9. The second-order valence-corrected chi connectivity index (χ2v) is 14.9. The summed E-state index contributed by atoms with van der Waals surface area (Å²) in [5.74, 6) is 5.32. The van der Waals surface area contributed by atoms with E-state index in [1.165, 1.54) is 102 Å². The van der Waals surface area contributed by atoms with Crippen LogP contribution in [-0.4, -0.2) is 56.7 Å². The van der Waals surface area contributed by atoms with Crippen molar-refractivity contribution in [1.29, 1.82) is 0 Å². The average molecular weight is 626 g/mol. The molecule has 0 aliphatic heterocycles. The molecule has 0 saturated heterocycles. The van der Waals surface area contributed by atoms with Crippen LogP contribution in [0.25, 0.3) is 11.2 Å². The van der Waals surface area contributed by atoms with Gasteiger partial charge in [-0.25, -0.2) is 15.0 Å². The molecule has 0 radical (unpaired) electrons. The third kappa shape index (κ3) is 17.5. The van der Waals surface area contributed by atoms with Gasteiger partial charge in [-0.3, -0.25) is 4.57 Å². The van der Waals surface area contributed by atoms with Crippen LogP contribution in [0.15, 0.2) is 12.7 Å². The van der Waals surface area contributed by atoms with Gasteiger partial charge >= 0.3 is 0 Å². The lowest BCUT2D eigenvalue weighted by Crippen LogP contribution is -2.17. The molecular formula is C31H58N6O3PS+. The lowest BCUT2D eigenvalue weighted by atomic mass is 10.0. The summed E-state index contributed by atoms with van der Waals surface area (Å²) in [5, 5.41) is 0. The van der Waals surface area contributed by atoms with Crippen LogP contribution in [0.5, 0.6) is 0 Å². The molecule has 0 saturated carbocycles. The maximum absolute atomic E-state index is 12.8. The minimum atomic E-state index is -2.79. The molecule has 2 heterocycles. The molecule has 2 atom stereocenters. The third-order valence-corrected chi connectivity index (χ3v) is 9.64. The Kier molecular flexibility index (Phi) is 21.7. The number of terminal acetylenes is 1. The quantitative estimate of drug-likeness (QED) is 0.0601. The van der Waals surface area contributed by atoms with Crippen LogP contribution in [-0.2, 0) is 20.4 Å². The summed E-state index contributed by atoms with van der Waals surface area (Å²) in [6.07, 6.45) is 29.1. The van der Waals surface area contributed by atoms with Crippen molar-refractivity contribution in [2.24, 2.45) is 0 Å². The van der Waals surface area contributed by atoms with Gasteiger partial charge in [-0.15, -0.1) is 12.3 Å². The second-order valence-electron chi connectivity index (χ2n) is 11.2. The summed E-state index contributed by atoms with van der Waals surface area (Å²) < 4.78 is 26.2. The third-order valence-electron chi connectivity index (χ3n) is 7.13. The Morgan fingerprint density at radius 3 is 2.12 bits per heavy atom. The van der Waals surface area contributed by atoms with Gasteiger partial charge in [-0.05, 0) is 37.7 Å². The molecule has 2 aromatic rings. The number of nitrogen functional groups attached to an aromatic ring is 1. The van der Waals surface area contributed by atoms with Crippen molar-refractivity contribution in [3.63, 3.8) is 0 Å². The van der Waals surface area contributed by atoms with Crippen molar-refractivity contribution in [1.82, 2.24) is 25.7 Å². The highest BCUT2D eigenvalue weighted by Crippen LogP contribution is 2.42. The zero-order valence-electron chi connectivity index (χ0n) is 26.6. The lowest BCUT2D eigenvalue weighted by Gasteiger charge is -2.18. The zero-order valence-corrected chi connectivity index (χ0v) is 28.3. The van der Waals surface area contributed by atoms with E-state index in [9.17, 15) is 4.57 Å². The van der Waals surface area contributed by atoms with E-state index in [1.807, 2.05) is 23.3 Å². The normalized spacial score (nSPS) is 13.5. The predicted molar refractivity (Wildman–Crippen MR) is 181 cm³/mol. The number of nitrogens with two attached hydrogens (primary N) is 1. The van der Waals surface area contributed by atoms with E-state index in [0.717, 1.165) is 18.6 Å². The van der Waals surface area contributed by atoms with Crippen LogP contribution in [0.1, 0.15) is 110 Å². The van der Waals surface area contributed by atoms with Gasteiger partial charge in [0.15, 0.2) is 11.5 Å². The number of hydrogen-bond donors (Lipinski definition) is 2. The number of fused-ring (bicyclic) bond motifs is 1. The van der Waals surface area contributed by atoms with Gasteiger partial charge in [0, 0.05) is 13.1 Å². The molecule has 9 nitrogen and oxygen atoms in total. The number of aromatic nitrogens is 4. The molecule has 2 aromatic heterocycles. The predicted octanol–water partition coefficient (Wildman–Crippen LogP) is 8.68. The van der Waals surface area contributed by atoms with Gasteiger partial charge in [0.2, 0.25) is 7.37 Å². The highest BCUT2D eigenvalue weighted by atomic mass is 32.2. The Morgan fingerprint density at radius 2 is 1.50 bits per heavy atom. The van der Waals surface area contributed by atoms with Crippen molar-refractivity contribution >= 4 is 36.1 Å². The highest BCUT2D eigenvalue weighted by Gasteiger charge is 2.19. The molecule has 0 amide bonds. The summed E-state index contributed by atoms with van der Waals surface area (Å²) in [5.41, 5.74) is 7.09. The van der Waals surface area contributed by atoms with Crippen LogP contribution in [0.3, 0.4) is 0 Å². The molecule has 11 heteroatoms. The van der Waals surface area contributed by atoms with Gasteiger partial charge in [0.1, 0.15) is 18.2 Å². The van der Waals surface area contributed by atoms with Gasteiger partial charge in [-0.1, -0.05) is 77.0 Å². The molecule has 42 heavy (non-hydrogen) atoms. The van der Waals surface area contributed by atoms with Crippen LogP contribution in [0.2, 0.25) is 0 Å². The molecule has 0 aliphatic rings. The first-order valence-corrected chi connectivity index (χ1v) is 19.1. The SMILES string of the molecule is C#CCCCCCCCCCCCCCCCCSCCCOP(C)(=O)CO[C@H](C)Cn1cnc2c(N)ncnc21.[NH4+]. The zero-order chi connectivity index (χ0) is 29.6. The monoisotopic (exact) mass is 625 g/mol. The molecule has 0 bridgehead atoms. The van der Waals surface area contributed by atoms with E-state index in [4.69, 9.17) is 21.4 Å². The van der Waals surface area contributed by atoms with Crippen LogP contribution in [0.4, 0.5) is 5.82 Å². The Hall–Kier alpha value is -1.63. The van der Waals surface area contributed by atoms with Crippen LogP contribution >= 0.6 is 19.1 Å². The first kappa shape index (κ1) is 38.4. The Bertz CT molecular complexity index is 1050. The fraction of sp³-hybridized carbons (Fsp3) is 0.774. The van der Waals surface area contributed by atoms with Crippen molar-refractivity contribution in [2.45, 2.75) is 122 Å². The Balaban J connectivity index is 0.00000882. The number of ether oxygens (including phenoxy) is 1. The molecule has 0 aromatic carbocycles. The van der Waals surface area contributed by atoms with Crippen molar-refractivity contribution in [2.75, 3.05) is 36.9 Å². The highest BCUT2D eigenvalue weighted by molar-refractivity contribution is 7.99. The van der Waals surface area contributed by atoms with Crippen LogP contribution in [0, 0.1) is 12.3 Å². The van der Waals surface area contributed by atoms with E-state index in [-0.39, 0.29) is 18.6 Å². The number of rotatable bonds is 26. The standard InChI is InChI=1S/C31H54N5O3PS.H3N/c1-4-5-6-7-8-9-10-11-12-13-14-15-16-17-18-19-22-41-23-20-21-39-40(3,37)27-38-28(2)24-36-26-35-29-30(32)33-25-34-31(29)36;/h1,25-26,28H,5-24,27H2,2-3H3,(H2,32,33,34);1H3/p+1/t28-,40?;/m1./s1.